The predicted molar refractivity (Wildman–Crippen MR) is 74.0 cm³/mol. The third-order valence-electron chi connectivity index (χ3n) is 1.94. The molecule has 1 rings (SSSR count). The van der Waals surface area contributed by atoms with Crippen LogP contribution in [0.4, 0.5) is 0 Å². The van der Waals surface area contributed by atoms with Crippen molar-refractivity contribution < 1.29 is 13.6 Å². The van der Waals surface area contributed by atoms with Crippen LogP contribution in [0.2, 0.25) is 0 Å². The Morgan fingerprint density at radius 2 is 1.71 bits per heavy atom. The first-order chi connectivity index (χ1) is 8.09. The molecule has 17 heavy (non-hydrogen) atoms. The molecule has 0 aliphatic heterocycles. The van der Waals surface area contributed by atoms with Crippen LogP contribution in [0.25, 0.3) is 6.08 Å². The van der Waals surface area contributed by atoms with Crippen molar-refractivity contribution in [2.24, 2.45) is 0 Å². The summed E-state index contributed by atoms with van der Waals surface area (Å²) in [5, 5.41) is 0. The Morgan fingerprint density at radius 3 is 2.18 bits per heavy atom. The maximum atomic E-state index is 12.1. The number of rotatable bonds is 6. The lowest BCUT2D eigenvalue weighted by atomic mass is 10.2. The molecular formula is C12H16BrO3P. The van der Waals surface area contributed by atoms with Crippen LogP contribution in [0.1, 0.15) is 19.4 Å². The molecule has 0 radical (unpaired) electrons. The SMILES string of the molecule is CCOP(=O)(/C=C/c1ccc(Br)cc1)OCC. The summed E-state index contributed by atoms with van der Waals surface area (Å²) in [5.41, 5.74) is 0.952. The number of halogens is 1. The average molecular weight is 319 g/mol. The van der Waals surface area contributed by atoms with Crippen LogP contribution in [0.15, 0.2) is 34.6 Å². The minimum absolute atomic E-state index is 0.363. The second kappa shape index (κ2) is 7.12. The first kappa shape index (κ1) is 14.7. The van der Waals surface area contributed by atoms with Crippen molar-refractivity contribution in [3.8, 4) is 0 Å². The molecule has 0 fully saturated rings. The van der Waals surface area contributed by atoms with Crippen molar-refractivity contribution in [3.05, 3.63) is 40.1 Å². The molecule has 0 heterocycles. The Labute approximate surface area is 110 Å². The lowest BCUT2D eigenvalue weighted by Crippen LogP contribution is -1.92. The summed E-state index contributed by atoms with van der Waals surface area (Å²) < 4.78 is 23.4. The molecule has 1 aromatic rings. The highest BCUT2D eigenvalue weighted by molar-refractivity contribution is 9.10. The lowest BCUT2D eigenvalue weighted by Gasteiger charge is -2.12. The highest BCUT2D eigenvalue weighted by Gasteiger charge is 2.18. The molecular weight excluding hydrogens is 303 g/mol. The average Bonchev–Trinajstić information content (AvgIpc) is 2.29. The van der Waals surface area contributed by atoms with Crippen molar-refractivity contribution in [1.29, 1.82) is 0 Å². The standard InChI is InChI=1S/C12H16BrO3P/c1-3-15-17(14,16-4-2)10-9-11-5-7-12(13)8-6-11/h5-10H,3-4H2,1-2H3/b10-9+. The summed E-state index contributed by atoms with van der Waals surface area (Å²) in [5.74, 6) is 1.50. The van der Waals surface area contributed by atoms with Gasteiger partial charge in [-0.15, -0.1) is 0 Å². The van der Waals surface area contributed by atoms with Gasteiger partial charge >= 0.3 is 7.60 Å². The smallest absolute Gasteiger partial charge is 0.306 e. The molecule has 0 bridgehead atoms. The molecule has 0 aliphatic rings. The van der Waals surface area contributed by atoms with Gasteiger partial charge in [-0.1, -0.05) is 28.1 Å². The molecule has 0 aromatic heterocycles. The number of hydrogen-bond donors (Lipinski definition) is 0. The Balaban J connectivity index is 2.79. The topological polar surface area (TPSA) is 35.5 Å². The van der Waals surface area contributed by atoms with Crippen molar-refractivity contribution in [1.82, 2.24) is 0 Å². The molecule has 0 amide bonds. The monoisotopic (exact) mass is 318 g/mol. The van der Waals surface area contributed by atoms with Crippen LogP contribution in [0.3, 0.4) is 0 Å². The summed E-state index contributed by atoms with van der Waals surface area (Å²) in [7, 11) is -3.09. The van der Waals surface area contributed by atoms with Crippen molar-refractivity contribution in [2.75, 3.05) is 13.2 Å². The summed E-state index contributed by atoms with van der Waals surface area (Å²) >= 11 is 3.36. The van der Waals surface area contributed by atoms with Gasteiger partial charge in [-0.25, -0.2) is 0 Å². The molecule has 0 N–H and O–H groups in total. The normalized spacial score (nSPS) is 12.2. The molecule has 0 saturated heterocycles. The predicted octanol–water partition coefficient (Wildman–Crippen LogP) is 4.69. The van der Waals surface area contributed by atoms with Gasteiger partial charge < -0.3 is 9.05 Å². The molecule has 0 aliphatic carbocycles. The first-order valence-corrected chi connectivity index (χ1v) is 7.83. The van der Waals surface area contributed by atoms with Crippen molar-refractivity contribution in [2.45, 2.75) is 13.8 Å². The maximum Gasteiger partial charge on any atom is 0.354 e. The summed E-state index contributed by atoms with van der Waals surface area (Å²) in [4.78, 5) is 0. The summed E-state index contributed by atoms with van der Waals surface area (Å²) in [6.07, 6.45) is 1.75. The highest BCUT2D eigenvalue weighted by atomic mass is 79.9. The van der Waals surface area contributed by atoms with E-state index in [1.54, 1.807) is 19.9 Å². The van der Waals surface area contributed by atoms with Gasteiger partial charge in [0.15, 0.2) is 0 Å². The second-order valence-electron chi connectivity index (χ2n) is 3.24. The van der Waals surface area contributed by atoms with E-state index < -0.39 is 7.60 Å². The van der Waals surface area contributed by atoms with Gasteiger partial charge in [0, 0.05) is 10.3 Å². The third kappa shape index (κ3) is 5.17. The Hall–Kier alpha value is -0.410. The van der Waals surface area contributed by atoms with Crippen molar-refractivity contribution >= 4 is 29.6 Å². The van der Waals surface area contributed by atoms with E-state index >= 15 is 0 Å². The molecule has 94 valence electrons. The van der Waals surface area contributed by atoms with Gasteiger partial charge in [0.2, 0.25) is 0 Å². The molecule has 0 atom stereocenters. The summed E-state index contributed by atoms with van der Waals surface area (Å²) in [6.45, 7) is 4.31. The molecule has 1 aromatic carbocycles. The van der Waals surface area contributed by atoms with Crippen LogP contribution in [-0.2, 0) is 13.6 Å². The molecule has 0 unspecified atom stereocenters. The van der Waals surface area contributed by atoms with Crippen LogP contribution >= 0.6 is 23.5 Å². The van der Waals surface area contributed by atoms with E-state index in [1.165, 1.54) is 5.82 Å². The van der Waals surface area contributed by atoms with E-state index in [0.717, 1.165) is 10.0 Å². The molecule has 3 nitrogen and oxygen atoms in total. The van der Waals surface area contributed by atoms with Gasteiger partial charge in [0.05, 0.1) is 13.2 Å². The van der Waals surface area contributed by atoms with Crippen LogP contribution < -0.4 is 0 Å². The van der Waals surface area contributed by atoms with E-state index in [1.807, 2.05) is 24.3 Å². The number of benzene rings is 1. The zero-order valence-electron chi connectivity index (χ0n) is 9.93. The Kier molecular flexibility index (Phi) is 6.14. The Bertz CT molecular complexity index is 404. The van der Waals surface area contributed by atoms with Gasteiger partial charge in [-0.2, -0.15) is 0 Å². The van der Waals surface area contributed by atoms with Gasteiger partial charge in [0.1, 0.15) is 0 Å². The van der Waals surface area contributed by atoms with Crippen LogP contribution in [0.5, 0.6) is 0 Å². The third-order valence-corrected chi connectivity index (χ3v) is 4.22. The van der Waals surface area contributed by atoms with E-state index in [9.17, 15) is 4.57 Å². The van der Waals surface area contributed by atoms with Crippen LogP contribution in [-0.4, -0.2) is 13.2 Å². The van der Waals surface area contributed by atoms with Gasteiger partial charge in [-0.3, -0.25) is 4.57 Å². The molecule has 0 saturated carbocycles. The van der Waals surface area contributed by atoms with Crippen LogP contribution in [0, 0.1) is 0 Å². The maximum absolute atomic E-state index is 12.1. The van der Waals surface area contributed by atoms with Gasteiger partial charge in [0.25, 0.3) is 0 Å². The van der Waals surface area contributed by atoms with Crippen molar-refractivity contribution in [3.63, 3.8) is 0 Å². The first-order valence-electron chi connectivity index (χ1n) is 5.43. The molecule has 0 spiro atoms. The fourth-order valence-electron chi connectivity index (χ4n) is 1.23. The minimum Gasteiger partial charge on any atom is -0.306 e. The second-order valence-corrected chi connectivity index (χ2v) is 6.05. The zero-order valence-corrected chi connectivity index (χ0v) is 12.4. The number of hydrogen-bond acceptors (Lipinski definition) is 3. The van der Waals surface area contributed by atoms with E-state index in [2.05, 4.69) is 15.9 Å². The fraction of sp³-hybridized carbons (Fsp3) is 0.333. The fourth-order valence-corrected chi connectivity index (χ4v) is 2.82. The van der Waals surface area contributed by atoms with Gasteiger partial charge in [-0.05, 0) is 37.6 Å². The largest absolute Gasteiger partial charge is 0.354 e. The quantitative estimate of drug-likeness (QED) is 0.714. The molecule has 5 heteroatoms. The minimum atomic E-state index is -3.09. The highest BCUT2D eigenvalue weighted by Crippen LogP contribution is 2.50. The van der Waals surface area contributed by atoms with E-state index in [-0.39, 0.29) is 0 Å². The lowest BCUT2D eigenvalue weighted by molar-refractivity contribution is 0.229. The summed E-state index contributed by atoms with van der Waals surface area (Å²) in [6, 6.07) is 7.68. The van der Waals surface area contributed by atoms with E-state index in [4.69, 9.17) is 9.05 Å². The zero-order chi connectivity index (χ0) is 12.7. The van der Waals surface area contributed by atoms with E-state index in [0.29, 0.717) is 13.2 Å². The Morgan fingerprint density at radius 1 is 1.18 bits per heavy atom.